The fourth-order valence-corrected chi connectivity index (χ4v) is 4.66. The second-order valence-electron chi connectivity index (χ2n) is 5.15. The molecule has 1 aliphatic rings. The van der Waals surface area contributed by atoms with Crippen LogP contribution in [0, 0.1) is 17.2 Å². The van der Waals surface area contributed by atoms with Gasteiger partial charge in [-0.1, -0.05) is 17.7 Å². The minimum Gasteiger partial charge on any atom is -0.319 e. The van der Waals surface area contributed by atoms with E-state index in [-0.39, 0.29) is 27.9 Å². The lowest BCUT2D eigenvalue weighted by Crippen LogP contribution is -2.42. The van der Waals surface area contributed by atoms with Crippen LogP contribution in [0.15, 0.2) is 23.1 Å². The highest BCUT2D eigenvalue weighted by molar-refractivity contribution is 7.89. The summed E-state index contributed by atoms with van der Waals surface area (Å²) in [5.41, 5.74) is 0.0231. The van der Waals surface area contributed by atoms with Gasteiger partial charge in [0.25, 0.3) is 0 Å². The van der Waals surface area contributed by atoms with Gasteiger partial charge in [-0.25, -0.2) is 8.42 Å². The Morgan fingerprint density at radius 3 is 2.86 bits per heavy atom. The summed E-state index contributed by atoms with van der Waals surface area (Å²) in [7, 11) is -1.82. The predicted octanol–water partition coefficient (Wildman–Crippen LogP) is 2.25. The first-order valence-corrected chi connectivity index (χ1v) is 8.66. The Bertz CT molecular complexity index is 657. The third-order valence-electron chi connectivity index (χ3n) is 3.68. The standard InChI is InChI=1S/C14H18ClN3O2S.ClH/c1-17-9-11-4-3-7-18(10-11)21(19,20)14-6-2-5-13(15)12(14)8-16;/h2,5-6,11,17H,3-4,7,9-10H2,1H3;1H. The number of benzene rings is 1. The summed E-state index contributed by atoms with van der Waals surface area (Å²) in [6.07, 6.45) is 1.83. The van der Waals surface area contributed by atoms with Crippen LogP contribution in [0.3, 0.4) is 0 Å². The Hall–Kier alpha value is -0.840. The first kappa shape index (κ1) is 19.2. The molecule has 22 heavy (non-hydrogen) atoms. The van der Waals surface area contributed by atoms with Crippen LogP contribution in [0.4, 0.5) is 0 Å². The van der Waals surface area contributed by atoms with Crippen molar-refractivity contribution in [2.45, 2.75) is 17.7 Å². The van der Waals surface area contributed by atoms with E-state index >= 15 is 0 Å². The summed E-state index contributed by atoms with van der Waals surface area (Å²) in [6, 6.07) is 6.43. The van der Waals surface area contributed by atoms with E-state index in [0.717, 1.165) is 19.4 Å². The average Bonchev–Trinajstić information content (AvgIpc) is 2.47. The molecule has 0 saturated carbocycles. The van der Waals surface area contributed by atoms with E-state index in [0.29, 0.717) is 19.0 Å². The molecule has 1 fully saturated rings. The van der Waals surface area contributed by atoms with Crippen molar-refractivity contribution in [3.63, 3.8) is 0 Å². The number of hydrogen-bond acceptors (Lipinski definition) is 4. The second kappa shape index (κ2) is 8.14. The van der Waals surface area contributed by atoms with Crippen molar-refractivity contribution in [1.29, 1.82) is 5.26 Å². The van der Waals surface area contributed by atoms with Crippen molar-refractivity contribution in [2.24, 2.45) is 5.92 Å². The van der Waals surface area contributed by atoms with Crippen molar-refractivity contribution >= 4 is 34.0 Å². The van der Waals surface area contributed by atoms with Gasteiger partial charge in [0.2, 0.25) is 10.0 Å². The summed E-state index contributed by atoms with van der Waals surface area (Å²) in [6.45, 7) is 1.74. The fourth-order valence-electron chi connectivity index (χ4n) is 2.67. The van der Waals surface area contributed by atoms with E-state index in [9.17, 15) is 8.42 Å². The Balaban J connectivity index is 0.00000242. The quantitative estimate of drug-likeness (QED) is 0.890. The summed E-state index contributed by atoms with van der Waals surface area (Å²) in [5.74, 6) is 0.295. The third kappa shape index (κ3) is 3.92. The molecule has 1 unspecified atom stereocenters. The zero-order valence-electron chi connectivity index (χ0n) is 12.3. The maximum atomic E-state index is 12.8. The lowest BCUT2D eigenvalue weighted by atomic mass is 10.00. The van der Waals surface area contributed by atoms with E-state index in [2.05, 4.69) is 5.32 Å². The van der Waals surface area contributed by atoms with Crippen molar-refractivity contribution in [3.05, 3.63) is 28.8 Å². The SMILES string of the molecule is CNCC1CCCN(S(=O)(=O)c2cccc(Cl)c2C#N)C1.Cl. The molecule has 1 aliphatic heterocycles. The van der Waals surface area contributed by atoms with Gasteiger partial charge < -0.3 is 5.32 Å². The Kier molecular flexibility index (Phi) is 7.10. The van der Waals surface area contributed by atoms with E-state index in [1.165, 1.54) is 16.4 Å². The van der Waals surface area contributed by atoms with Crippen LogP contribution in [0.2, 0.25) is 5.02 Å². The molecule has 0 amide bonds. The summed E-state index contributed by atoms with van der Waals surface area (Å²) in [4.78, 5) is 0.00241. The van der Waals surface area contributed by atoms with Crippen molar-refractivity contribution in [3.8, 4) is 6.07 Å². The zero-order chi connectivity index (χ0) is 15.5. The van der Waals surface area contributed by atoms with Gasteiger partial charge in [0.15, 0.2) is 0 Å². The van der Waals surface area contributed by atoms with Crippen molar-refractivity contribution in [1.82, 2.24) is 9.62 Å². The molecule has 0 aromatic heterocycles. The minimum absolute atomic E-state index is 0. The predicted molar refractivity (Wildman–Crippen MR) is 88.8 cm³/mol. The summed E-state index contributed by atoms with van der Waals surface area (Å²) >= 11 is 5.94. The Morgan fingerprint density at radius 1 is 1.50 bits per heavy atom. The molecule has 0 bridgehead atoms. The molecule has 122 valence electrons. The topological polar surface area (TPSA) is 73.2 Å². The van der Waals surface area contributed by atoms with Crippen LogP contribution in [0.1, 0.15) is 18.4 Å². The first-order chi connectivity index (χ1) is 10.0. The van der Waals surface area contributed by atoms with Gasteiger partial charge in [-0.2, -0.15) is 9.57 Å². The largest absolute Gasteiger partial charge is 0.319 e. The van der Waals surface area contributed by atoms with Crippen molar-refractivity contribution in [2.75, 3.05) is 26.7 Å². The number of rotatable bonds is 4. The van der Waals surface area contributed by atoms with Gasteiger partial charge in [-0.15, -0.1) is 12.4 Å². The molecule has 2 rings (SSSR count). The molecule has 0 radical (unpaired) electrons. The molecule has 1 atom stereocenters. The summed E-state index contributed by atoms with van der Waals surface area (Å²) in [5, 5.41) is 12.4. The highest BCUT2D eigenvalue weighted by Gasteiger charge is 2.32. The monoisotopic (exact) mass is 363 g/mol. The second-order valence-corrected chi connectivity index (χ2v) is 7.47. The molecule has 0 aliphatic carbocycles. The fraction of sp³-hybridized carbons (Fsp3) is 0.500. The molecule has 1 aromatic rings. The number of halogens is 2. The van der Waals surface area contributed by atoms with Crippen LogP contribution in [0.5, 0.6) is 0 Å². The number of hydrogen-bond donors (Lipinski definition) is 1. The number of nitrogens with zero attached hydrogens (tertiary/aromatic N) is 2. The number of nitrogens with one attached hydrogen (secondary N) is 1. The maximum absolute atomic E-state index is 12.8. The summed E-state index contributed by atoms with van der Waals surface area (Å²) < 4.78 is 27.0. The van der Waals surface area contributed by atoms with E-state index in [4.69, 9.17) is 16.9 Å². The van der Waals surface area contributed by atoms with Crippen LogP contribution in [-0.2, 0) is 10.0 Å². The first-order valence-electron chi connectivity index (χ1n) is 6.84. The molecule has 1 saturated heterocycles. The third-order valence-corrected chi connectivity index (χ3v) is 5.90. The smallest absolute Gasteiger partial charge is 0.244 e. The van der Waals surface area contributed by atoms with Crippen LogP contribution >= 0.6 is 24.0 Å². The maximum Gasteiger partial charge on any atom is 0.244 e. The minimum atomic E-state index is -3.68. The number of piperidine rings is 1. The van der Waals surface area contributed by atoms with Gasteiger partial charge >= 0.3 is 0 Å². The molecule has 0 spiro atoms. The molecule has 1 aromatic carbocycles. The molecular weight excluding hydrogens is 345 g/mol. The van der Waals surface area contributed by atoms with Crippen molar-refractivity contribution < 1.29 is 8.42 Å². The van der Waals surface area contributed by atoms with Gasteiger partial charge in [0, 0.05) is 13.1 Å². The highest BCUT2D eigenvalue weighted by Crippen LogP contribution is 2.28. The number of sulfonamides is 1. The Labute approximate surface area is 142 Å². The van der Waals surface area contributed by atoms with Gasteiger partial charge in [-0.3, -0.25) is 0 Å². The molecule has 8 heteroatoms. The van der Waals surface area contributed by atoms with Gasteiger partial charge in [0.05, 0.1) is 10.6 Å². The van der Waals surface area contributed by atoms with Crippen LogP contribution in [0.25, 0.3) is 0 Å². The number of nitriles is 1. The zero-order valence-corrected chi connectivity index (χ0v) is 14.6. The molecular formula is C14H19Cl2N3O2S. The molecule has 1 N–H and O–H groups in total. The lowest BCUT2D eigenvalue weighted by Gasteiger charge is -2.32. The average molecular weight is 364 g/mol. The van der Waals surface area contributed by atoms with Crippen LogP contribution in [-0.4, -0.2) is 39.4 Å². The van der Waals surface area contributed by atoms with Gasteiger partial charge in [-0.05, 0) is 44.5 Å². The van der Waals surface area contributed by atoms with Gasteiger partial charge in [0.1, 0.15) is 11.0 Å². The normalized spacial score (nSPS) is 19.2. The highest BCUT2D eigenvalue weighted by atomic mass is 35.5. The molecule has 5 nitrogen and oxygen atoms in total. The molecule has 1 heterocycles. The van der Waals surface area contributed by atoms with E-state index < -0.39 is 10.0 Å². The lowest BCUT2D eigenvalue weighted by molar-refractivity contribution is 0.263. The van der Waals surface area contributed by atoms with E-state index in [1.54, 1.807) is 6.07 Å². The van der Waals surface area contributed by atoms with E-state index in [1.807, 2.05) is 13.1 Å². The Morgan fingerprint density at radius 2 is 2.23 bits per heavy atom. The van der Waals surface area contributed by atoms with Crippen LogP contribution < -0.4 is 5.32 Å².